The first-order valence-corrected chi connectivity index (χ1v) is 12.3. The van der Waals surface area contributed by atoms with Crippen molar-refractivity contribution in [2.45, 2.75) is 26.2 Å². The highest BCUT2D eigenvalue weighted by atomic mass is 32.2. The van der Waals surface area contributed by atoms with E-state index in [-0.39, 0.29) is 11.8 Å². The number of morpholine rings is 1. The molecule has 0 bridgehead atoms. The van der Waals surface area contributed by atoms with Gasteiger partial charge >= 0.3 is 0 Å². The molecule has 1 aromatic carbocycles. The van der Waals surface area contributed by atoms with Gasteiger partial charge in [0.25, 0.3) is 5.91 Å². The van der Waals surface area contributed by atoms with E-state index in [1.807, 2.05) is 49.4 Å². The maximum absolute atomic E-state index is 12.7. The number of rotatable bonds is 10. The molecule has 2 heterocycles. The second-order valence-corrected chi connectivity index (χ2v) is 9.57. The Morgan fingerprint density at radius 3 is 2.69 bits per heavy atom. The molecule has 2 saturated heterocycles. The van der Waals surface area contributed by atoms with Crippen LogP contribution in [0, 0.1) is 0 Å². The summed E-state index contributed by atoms with van der Waals surface area (Å²) in [6.45, 7) is 7.61. The zero-order valence-electron chi connectivity index (χ0n) is 18.5. The van der Waals surface area contributed by atoms with E-state index in [0.717, 1.165) is 50.4 Å². The van der Waals surface area contributed by atoms with Crippen LogP contribution in [0.15, 0.2) is 46.9 Å². The number of hydrogen-bond acceptors (Lipinski definition) is 6. The summed E-state index contributed by atoms with van der Waals surface area (Å²) >= 11 is 6.72. The zero-order valence-corrected chi connectivity index (χ0v) is 20.2. The third-order valence-corrected chi connectivity index (χ3v) is 6.67. The Morgan fingerprint density at radius 1 is 1.19 bits per heavy atom. The third-order valence-electron chi connectivity index (χ3n) is 5.29. The Labute approximate surface area is 200 Å². The molecule has 0 aliphatic carbocycles. The lowest BCUT2D eigenvalue weighted by atomic mass is 10.1. The van der Waals surface area contributed by atoms with Crippen molar-refractivity contribution >= 4 is 46.2 Å². The molecular formula is C24H31N3O3S2. The van der Waals surface area contributed by atoms with E-state index in [0.29, 0.717) is 35.2 Å². The molecule has 2 fully saturated rings. The number of thiocarbonyl (C=S) groups is 1. The maximum atomic E-state index is 12.7. The van der Waals surface area contributed by atoms with Crippen molar-refractivity contribution < 1.29 is 14.3 Å². The summed E-state index contributed by atoms with van der Waals surface area (Å²) in [5.74, 6) is -0.0543. The Balaban J connectivity index is 1.37. The summed E-state index contributed by atoms with van der Waals surface area (Å²) in [5, 5.41) is 2.97. The number of carbonyl (C=O) groups excluding carboxylic acids is 2. The van der Waals surface area contributed by atoms with E-state index in [2.05, 4.69) is 10.2 Å². The monoisotopic (exact) mass is 473 g/mol. The molecule has 0 aromatic heterocycles. The van der Waals surface area contributed by atoms with Gasteiger partial charge < -0.3 is 10.1 Å². The number of hydrogen-bond donors (Lipinski definition) is 1. The van der Waals surface area contributed by atoms with E-state index in [1.165, 1.54) is 11.8 Å². The van der Waals surface area contributed by atoms with Gasteiger partial charge in [0, 0.05) is 32.6 Å². The largest absolute Gasteiger partial charge is 0.379 e. The molecule has 172 valence electrons. The first-order valence-electron chi connectivity index (χ1n) is 11.1. The van der Waals surface area contributed by atoms with Crippen molar-refractivity contribution in [3.63, 3.8) is 0 Å². The van der Waals surface area contributed by atoms with Crippen molar-refractivity contribution in [1.82, 2.24) is 15.1 Å². The Bertz CT molecular complexity index is 865. The summed E-state index contributed by atoms with van der Waals surface area (Å²) < 4.78 is 5.89. The number of nitrogens with one attached hydrogen (secondary N) is 1. The fourth-order valence-electron chi connectivity index (χ4n) is 3.59. The van der Waals surface area contributed by atoms with Crippen molar-refractivity contribution in [1.29, 1.82) is 0 Å². The van der Waals surface area contributed by atoms with Crippen LogP contribution in [0.4, 0.5) is 0 Å². The average Bonchev–Trinajstić information content (AvgIpc) is 3.05. The topological polar surface area (TPSA) is 61.9 Å². The fourth-order valence-corrected chi connectivity index (χ4v) is 4.95. The highest BCUT2D eigenvalue weighted by molar-refractivity contribution is 8.26. The quantitative estimate of drug-likeness (QED) is 0.319. The van der Waals surface area contributed by atoms with Crippen molar-refractivity contribution in [3.05, 3.63) is 52.4 Å². The van der Waals surface area contributed by atoms with Crippen LogP contribution in [0.3, 0.4) is 0 Å². The van der Waals surface area contributed by atoms with Crippen LogP contribution >= 0.6 is 24.0 Å². The van der Waals surface area contributed by atoms with Crippen LogP contribution < -0.4 is 5.32 Å². The minimum atomic E-state index is -0.0771. The van der Waals surface area contributed by atoms with Gasteiger partial charge in [-0.25, -0.2) is 0 Å². The maximum Gasteiger partial charge on any atom is 0.266 e. The van der Waals surface area contributed by atoms with Gasteiger partial charge in [0.2, 0.25) is 5.91 Å². The minimum Gasteiger partial charge on any atom is -0.379 e. The number of allylic oxidation sites excluding steroid dienone is 2. The lowest BCUT2D eigenvalue weighted by Gasteiger charge is -2.26. The van der Waals surface area contributed by atoms with Crippen molar-refractivity contribution in [2.24, 2.45) is 0 Å². The standard InChI is InChI=1S/C24H31N3O3S2/c1-19(17-20-7-3-2-4-8-20)18-21-23(29)27(24(31)32-21)12-5-9-22(28)25-10-6-11-26-13-15-30-16-14-26/h2-4,7-8,17-18H,5-6,9-16H2,1H3,(H,25,28). The van der Waals surface area contributed by atoms with E-state index >= 15 is 0 Å². The molecule has 3 rings (SSSR count). The molecule has 6 nitrogen and oxygen atoms in total. The summed E-state index contributed by atoms with van der Waals surface area (Å²) in [5.41, 5.74) is 2.08. The average molecular weight is 474 g/mol. The molecule has 1 N–H and O–H groups in total. The van der Waals surface area contributed by atoms with Crippen LogP contribution in [0.1, 0.15) is 31.7 Å². The number of benzene rings is 1. The Morgan fingerprint density at radius 2 is 1.94 bits per heavy atom. The minimum absolute atomic E-state index is 0.0228. The first kappa shape index (κ1) is 24.6. The fraction of sp³-hybridized carbons (Fsp3) is 0.458. The van der Waals surface area contributed by atoms with Gasteiger partial charge in [-0.1, -0.05) is 60.4 Å². The predicted octanol–water partition coefficient (Wildman–Crippen LogP) is 3.45. The molecule has 0 radical (unpaired) electrons. The highest BCUT2D eigenvalue weighted by Crippen LogP contribution is 2.32. The van der Waals surface area contributed by atoms with Gasteiger partial charge in [-0.2, -0.15) is 0 Å². The van der Waals surface area contributed by atoms with E-state index in [4.69, 9.17) is 17.0 Å². The molecule has 1 aromatic rings. The van der Waals surface area contributed by atoms with E-state index in [9.17, 15) is 9.59 Å². The number of amides is 2. The molecule has 8 heteroatoms. The highest BCUT2D eigenvalue weighted by Gasteiger charge is 2.31. The molecule has 0 saturated carbocycles. The summed E-state index contributed by atoms with van der Waals surface area (Å²) in [7, 11) is 0. The molecule has 2 amide bonds. The smallest absolute Gasteiger partial charge is 0.266 e. The molecule has 0 unspecified atom stereocenters. The van der Waals surface area contributed by atoms with Gasteiger partial charge in [-0.15, -0.1) is 0 Å². The van der Waals surface area contributed by atoms with Crippen LogP contribution in [0.5, 0.6) is 0 Å². The van der Waals surface area contributed by atoms with Crippen LogP contribution in [-0.2, 0) is 14.3 Å². The lowest BCUT2D eigenvalue weighted by Crippen LogP contribution is -2.38. The normalized spacial score (nSPS) is 19.1. The van der Waals surface area contributed by atoms with Gasteiger partial charge in [0.15, 0.2) is 0 Å². The molecule has 2 aliphatic heterocycles. The van der Waals surface area contributed by atoms with Crippen LogP contribution in [0.25, 0.3) is 6.08 Å². The second-order valence-electron chi connectivity index (χ2n) is 7.89. The molecule has 32 heavy (non-hydrogen) atoms. The van der Waals surface area contributed by atoms with Gasteiger partial charge in [0.1, 0.15) is 4.32 Å². The summed E-state index contributed by atoms with van der Waals surface area (Å²) in [4.78, 5) is 29.5. The zero-order chi connectivity index (χ0) is 22.8. The lowest BCUT2D eigenvalue weighted by molar-refractivity contribution is -0.124. The predicted molar refractivity (Wildman–Crippen MR) is 134 cm³/mol. The second kappa shape index (κ2) is 12.9. The van der Waals surface area contributed by atoms with Crippen LogP contribution in [-0.4, -0.2) is 71.9 Å². The van der Waals surface area contributed by atoms with Gasteiger partial charge in [0.05, 0.1) is 18.1 Å². The van der Waals surface area contributed by atoms with E-state index in [1.54, 1.807) is 4.90 Å². The van der Waals surface area contributed by atoms with Crippen molar-refractivity contribution in [2.75, 3.05) is 45.9 Å². The third kappa shape index (κ3) is 7.85. The number of carbonyl (C=O) groups is 2. The first-order chi connectivity index (χ1) is 15.5. The number of thioether (sulfide) groups is 1. The number of nitrogens with zero attached hydrogens (tertiary/aromatic N) is 2. The van der Waals surface area contributed by atoms with E-state index < -0.39 is 0 Å². The van der Waals surface area contributed by atoms with Crippen LogP contribution in [0.2, 0.25) is 0 Å². The molecule has 0 spiro atoms. The molecule has 0 atom stereocenters. The van der Waals surface area contributed by atoms with Gasteiger partial charge in [-0.05, 0) is 43.5 Å². The van der Waals surface area contributed by atoms with Gasteiger partial charge in [-0.3, -0.25) is 19.4 Å². The summed E-state index contributed by atoms with van der Waals surface area (Å²) in [6, 6.07) is 9.99. The summed E-state index contributed by atoms with van der Waals surface area (Å²) in [6.07, 6.45) is 5.83. The number of ether oxygens (including phenoxy) is 1. The van der Waals surface area contributed by atoms with Crippen molar-refractivity contribution in [3.8, 4) is 0 Å². The Kier molecular flexibility index (Phi) is 9.92. The molecular weight excluding hydrogens is 442 g/mol. The molecule has 2 aliphatic rings. The SMILES string of the molecule is CC(=Cc1ccccc1)C=C1SC(=S)N(CCCC(=O)NCCCN2CCOCC2)C1=O. The Hall–Kier alpha value is -2.00.